The summed E-state index contributed by atoms with van der Waals surface area (Å²) in [6.07, 6.45) is 1.95. The first kappa shape index (κ1) is 16.2. The summed E-state index contributed by atoms with van der Waals surface area (Å²) in [4.78, 5) is 4.25. The van der Waals surface area contributed by atoms with E-state index in [4.69, 9.17) is 23.2 Å². The fraction of sp³-hybridized carbons (Fsp3) is 0.308. The molecule has 1 fully saturated rings. The van der Waals surface area contributed by atoms with Gasteiger partial charge in [-0.25, -0.2) is 8.42 Å². The summed E-state index contributed by atoms with van der Waals surface area (Å²) in [7, 11) is -2.97. The van der Waals surface area contributed by atoms with Gasteiger partial charge in [0, 0.05) is 6.04 Å². The Bertz CT molecular complexity index is 811. The van der Waals surface area contributed by atoms with Crippen molar-refractivity contribution in [2.24, 2.45) is 0 Å². The third-order valence-electron chi connectivity index (χ3n) is 3.34. The molecule has 1 atom stereocenters. The highest BCUT2D eigenvalue weighted by atomic mass is 35.5. The first-order valence-electron chi connectivity index (χ1n) is 6.81. The molecule has 2 aromatic rings. The lowest BCUT2D eigenvalue weighted by atomic mass is 10.3. The van der Waals surface area contributed by atoms with Crippen molar-refractivity contribution in [3.63, 3.8) is 0 Å². The van der Waals surface area contributed by atoms with Crippen molar-refractivity contribution in [2.45, 2.75) is 12.5 Å². The van der Waals surface area contributed by atoms with Crippen molar-refractivity contribution in [3.05, 3.63) is 34.4 Å². The van der Waals surface area contributed by atoms with E-state index in [1.165, 1.54) is 6.20 Å². The van der Waals surface area contributed by atoms with Gasteiger partial charge in [0.25, 0.3) is 0 Å². The predicted molar refractivity (Wildman–Crippen MR) is 90.3 cm³/mol. The molecule has 1 aromatic heterocycles. The number of anilines is 3. The lowest BCUT2D eigenvalue weighted by Gasteiger charge is -2.12. The van der Waals surface area contributed by atoms with E-state index < -0.39 is 9.84 Å². The first-order chi connectivity index (χ1) is 10.9. The van der Waals surface area contributed by atoms with Gasteiger partial charge in [-0.1, -0.05) is 29.3 Å². The van der Waals surface area contributed by atoms with Crippen LogP contribution in [0.15, 0.2) is 24.4 Å². The quantitative estimate of drug-likeness (QED) is 0.849. The molecule has 1 aliphatic heterocycles. The lowest BCUT2D eigenvalue weighted by molar-refractivity contribution is 0.602. The van der Waals surface area contributed by atoms with E-state index in [1.54, 1.807) is 18.2 Å². The number of hydrogen-bond acceptors (Lipinski definition) is 7. The molecule has 122 valence electrons. The van der Waals surface area contributed by atoms with E-state index in [0.717, 1.165) is 0 Å². The van der Waals surface area contributed by atoms with Gasteiger partial charge in [-0.15, -0.1) is 5.10 Å². The Hall–Kier alpha value is -1.64. The van der Waals surface area contributed by atoms with Crippen LogP contribution in [0, 0.1) is 0 Å². The summed E-state index contributed by atoms with van der Waals surface area (Å²) < 4.78 is 23.0. The summed E-state index contributed by atoms with van der Waals surface area (Å²) in [5, 5.41) is 14.6. The highest BCUT2D eigenvalue weighted by molar-refractivity contribution is 7.91. The topological polar surface area (TPSA) is 96.9 Å². The summed E-state index contributed by atoms with van der Waals surface area (Å²) in [6.45, 7) is 0. The molecule has 0 radical (unpaired) electrons. The third kappa shape index (κ3) is 4.01. The molecule has 0 aliphatic carbocycles. The maximum Gasteiger partial charge on any atom is 0.244 e. The van der Waals surface area contributed by atoms with Gasteiger partial charge >= 0.3 is 0 Å². The van der Waals surface area contributed by atoms with Crippen LogP contribution in [0.25, 0.3) is 0 Å². The molecule has 0 spiro atoms. The summed E-state index contributed by atoms with van der Waals surface area (Å²) in [6, 6.07) is 4.93. The number of hydrogen-bond donors (Lipinski definition) is 2. The Morgan fingerprint density at radius 1 is 1.22 bits per heavy atom. The molecular weight excluding hydrogens is 361 g/mol. The van der Waals surface area contributed by atoms with Crippen LogP contribution in [0.1, 0.15) is 6.42 Å². The molecule has 1 aliphatic rings. The van der Waals surface area contributed by atoms with Crippen molar-refractivity contribution in [2.75, 3.05) is 22.1 Å². The number of aromatic nitrogens is 3. The van der Waals surface area contributed by atoms with Gasteiger partial charge < -0.3 is 10.6 Å². The van der Waals surface area contributed by atoms with Crippen molar-refractivity contribution in [1.29, 1.82) is 0 Å². The van der Waals surface area contributed by atoms with E-state index in [2.05, 4.69) is 25.8 Å². The molecule has 0 amide bonds. The van der Waals surface area contributed by atoms with Crippen LogP contribution in [0.3, 0.4) is 0 Å². The van der Waals surface area contributed by atoms with Crippen LogP contribution in [0.5, 0.6) is 0 Å². The highest BCUT2D eigenvalue weighted by Gasteiger charge is 2.28. The predicted octanol–water partition coefficient (Wildman–Crippen LogP) is 2.52. The Labute approximate surface area is 143 Å². The molecule has 0 saturated carbocycles. The molecule has 0 bridgehead atoms. The number of rotatable bonds is 4. The second-order valence-corrected chi connectivity index (χ2v) is 8.17. The molecule has 1 aromatic carbocycles. The summed E-state index contributed by atoms with van der Waals surface area (Å²) in [5.74, 6) is 0.897. The van der Waals surface area contributed by atoms with Crippen LogP contribution >= 0.6 is 23.2 Å². The maximum absolute atomic E-state index is 11.5. The van der Waals surface area contributed by atoms with E-state index in [-0.39, 0.29) is 23.5 Å². The van der Waals surface area contributed by atoms with Crippen LogP contribution in [0.4, 0.5) is 17.5 Å². The molecule has 23 heavy (non-hydrogen) atoms. The standard InChI is InChI=1S/C13H13Cl2N5O2S/c14-9-2-1-3-10(15)12(9)18-11-6-16-20-13(19-11)17-8-4-5-23(21,22)7-8/h1-3,6,8H,4-5,7H2,(H2,17,18,19,20). The molecule has 2 heterocycles. The van der Waals surface area contributed by atoms with Crippen LogP contribution in [0.2, 0.25) is 10.0 Å². The number of nitrogens with zero attached hydrogens (tertiary/aromatic N) is 3. The smallest absolute Gasteiger partial charge is 0.244 e. The van der Waals surface area contributed by atoms with E-state index in [1.807, 2.05) is 0 Å². The van der Waals surface area contributed by atoms with E-state index in [9.17, 15) is 8.42 Å². The number of sulfone groups is 1. The van der Waals surface area contributed by atoms with Gasteiger partial charge in [0.2, 0.25) is 5.95 Å². The van der Waals surface area contributed by atoms with Crippen molar-refractivity contribution < 1.29 is 8.42 Å². The average Bonchev–Trinajstić information content (AvgIpc) is 2.82. The molecule has 2 N–H and O–H groups in total. The van der Waals surface area contributed by atoms with Gasteiger partial charge in [0.05, 0.1) is 33.4 Å². The van der Waals surface area contributed by atoms with Crippen molar-refractivity contribution in [3.8, 4) is 0 Å². The van der Waals surface area contributed by atoms with Crippen molar-refractivity contribution in [1.82, 2.24) is 15.2 Å². The minimum absolute atomic E-state index is 0.0738. The summed E-state index contributed by atoms with van der Waals surface area (Å²) >= 11 is 12.2. The Balaban J connectivity index is 1.75. The molecule has 7 nitrogen and oxygen atoms in total. The van der Waals surface area contributed by atoms with Gasteiger partial charge in [-0.05, 0) is 18.6 Å². The third-order valence-corrected chi connectivity index (χ3v) is 5.74. The Morgan fingerprint density at radius 2 is 1.96 bits per heavy atom. The minimum atomic E-state index is -2.97. The number of nitrogens with one attached hydrogen (secondary N) is 2. The largest absolute Gasteiger partial charge is 0.349 e. The van der Waals surface area contributed by atoms with Gasteiger partial charge in [0.15, 0.2) is 15.7 Å². The van der Waals surface area contributed by atoms with E-state index in [0.29, 0.717) is 28.0 Å². The highest BCUT2D eigenvalue weighted by Crippen LogP contribution is 2.31. The fourth-order valence-electron chi connectivity index (χ4n) is 2.26. The van der Waals surface area contributed by atoms with Gasteiger partial charge in [-0.3, -0.25) is 0 Å². The average molecular weight is 374 g/mol. The second kappa shape index (κ2) is 6.46. The molecule has 10 heteroatoms. The first-order valence-corrected chi connectivity index (χ1v) is 9.38. The zero-order chi connectivity index (χ0) is 16.4. The van der Waals surface area contributed by atoms with Crippen molar-refractivity contribution >= 4 is 50.5 Å². The molecule has 1 saturated heterocycles. The minimum Gasteiger partial charge on any atom is -0.349 e. The Kier molecular flexibility index (Phi) is 4.56. The lowest BCUT2D eigenvalue weighted by Crippen LogP contribution is -2.22. The van der Waals surface area contributed by atoms with Crippen LogP contribution in [-0.4, -0.2) is 41.1 Å². The second-order valence-electron chi connectivity index (χ2n) is 5.13. The van der Waals surface area contributed by atoms with E-state index >= 15 is 0 Å². The molecule has 1 unspecified atom stereocenters. The van der Waals surface area contributed by atoms with Gasteiger partial charge in [0.1, 0.15) is 0 Å². The monoisotopic (exact) mass is 373 g/mol. The number of para-hydroxylation sites is 1. The van der Waals surface area contributed by atoms with Crippen LogP contribution in [-0.2, 0) is 9.84 Å². The SMILES string of the molecule is O=S1(=O)CCC(Nc2nncc(Nc3c(Cl)cccc3Cl)n2)C1. The normalized spacial score (nSPS) is 19.5. The zero-order valence-corrected chi connectivity index (χ0v) is 14.2. The molecular formula is C13H13Cl2N5O2S. The van der Waals surface area contributed by atoms with Crippen LogP contribution < -0.4 is 10.6 Å². The fourth-order valence-corrected chi connectivity index (χ4v) is 4.43. The Morgan fingerprint density at radius 3 is 2.61 bits per heavy atom. The summed E-state index contributed by atoms with van der Waals surface area (Å²) in [5.41, 5.74) is 0.519. The van der Waals surface area contributed by atoms with Gasteiger partial charge in [-0.2, -0.15) is 10.1 Å². The zero-order valence-electron chi connectivity index (χ0n) is 11.8. The number of halogens is 2. The molecule has 3 rings (SSSR count). The number of benzene rings is 1. The maximum atomic E-state index is 11.5.